The van der Waals surface area contributed by atoms with Gasteiger partial charge in [-0.3, -0.25) is 4.79 Å². The summed E-state index contributed by atoms with van der Waals surface area (Å²) in [6, 6.07) is 15.4. The van der Waals surface area contributed by atoms with E-state index in [4.69, 9.17) is 9.15 Å². The smallest absolute Gasteiger partial charge is 0.225 e. The number of benzene rings is 1. The quantitative estimate of drug-likeness (QED) is 0.402. The Balaban J connectivity index is 1.21. The molecule has 1 saturated heterocycles. The van der Waals surface area contributed by atoms with E-state index in [1.54, 1.807) is 24.7 Å². The molecule has 0 aliphatic carbocycles. The van der Waals surface area contributed by atoms with Crippen molar-refractivity contribution in [3.63, 3.8) is 0 Å². The van der Waals surface area contributed by atoms with E-state index in [-0.39, 0.29) is 11.8 Å². The first-order chi connectivity index (χ1) is 17.1. The van der Waals surface area contributed by atoms with Gasteiger partial charge in [0.1, 0.15) is 5.75 Å². The van der Waals surface area contributed by atoms with Gasteiger partial charge in [0.25, 0.3) is 0 Å². The van der Waals surface area contributed by atoms with E-state index < -0.39 is 0 Å². The Hall–Kier alpha value is -3.72. The molecule has 0 radical (unpaired) electrons. The third-order valence-electron chi connectivity index (χ3n) is 6.20. The minimum Gasteiger partial charge on any atom is -0.496 e. The molecule has 1 atom stereocenters. The Bertz CT molecular complexity index is 1290. The molecule has 0 spiro atoms. The van der Waals surface area contributed by atoms with Crippen molar-refractivity contribution in [1.82, 2.24) is 20.5 Å². The van der Waals surface area contributed by atoms with Gasteiger partial charge in [0.05, 0.1) is 37.2 Å². The molecule has 1 aliphatic rings. The summed E-state index contributed by atoms with van der Waals surface area (Å²) in [7, 11) is 1.65. The maximum Gasteiger partial charge on any atom is 0.225 e. The number of amides is 1. The molecule has 5 rings (SSSR count). The van der Waals surface area contributed by atoms with Crippen molar-refractivity contribution in [2.45, 2.75) is 26.3 Å². The lowest BCUT2D eigenvalue weighted by atomic mass is 9.97. The molecule has 0 saturated carbocycles. The van der Waals surface area contributed by atoms with Gasteiger partial charge in [-0.2, -0.15) is 0 Å². The maximum atomic E-state index is 13.0. The van der Waals surface area contributed by atoms with Crippen LogP contribution in [0.15, 0.2) is 59.2 Å². The van der Waals surface area contributed by atoms with Gasteiger partial charge in [0.2, 0.25) is 5.91 Å². The van der Waals surface area contributed by atoms with E-state index in [2.05, 4.69) is 25.4 Å². The van der Waals surface area contributed by atoms with Crippen LogP contribution in [0.1, 0.15) is 23.4 Å². The van der Waals surface area contributed by atoms with Crippen molar-refractivity contribution >= 4 is 23.1 Å². The van der Waals surface area contributed by atoms with E-state index in [1.807, 2.05) is 55.5 Å². The van der Waals surface area contributed by atoms with Crippen LogP contribution in [0, 0.1) is 12.8 Å². The third kappa shape index (κ3) is 5.05. The molecule has 1 aromatic carbocycles. The summed E-state index contributed by atoms with van der Waals surface area (Å²) in [4.78, 5) is 20.7. The molecular weight excluding hydrogens is 462 g/mol. The first-order valence-corrected chi connectivity index (χ1v) is 12.4. The highest BCUT2D eigenvalue weighted by Gasteiger charge is 2.27. The topological polar surface area (TPSA) is 93.4 Å². The Kier molecular flexibility index (Phi) is 6.76. The van der Waals surface area contributed by atoms with Crippen LogP contribution in [0.2, 0.25) is 0 Å². The molecule has 3 aromatic heterocycles. The maximum absolute atomic E-state index is 13.0. The van der Waals surface area contributed by atoms with Crippen LogP contribution in [0.3, 0.4) is 0 Å². The highest BCUT2D eigenvalue weighted by Crippen LogP contribution is 2.30. The minimum absolute atomic E-state index is 0.0562. The van der Waals surface area contributed by atoms with Crippen molar-refractivity contribution in [3.8, 4) is 27.8 Å². The number of carbonyl (C=O) groups is 1. The van der Waals surface area contributed by atoms with Crippen LogP contribution < -0.4 is 15.0 Å². The second-order valence-corrected chi connectivity index (χ2v) is 9.57. The van der Waals surface area contributed by atoms with Crippen LogP contribution in [0.4, 0.5) is 5.82 Å². The number of furan rings is 1. The zero-order valence-electron chi connectivity index (χ0n) is 19.7. The normalized spacial score (nSPS) is 15.7. The fraction of sp³-hybridized carbons (Fsp3) is 0.308. The molecular formula is C26H27N5O3S. The lowest BCUT2D eigenvalue weighted by Gasteiger charge is -2.32. The number of nitrogens with zero attached hydrogens (tertiary/aromatic N) is 4. The number of ether oxygens (including phenoxy) is 1. The molecule has 1 amide bonds. The van der Waals surface area contributed by atoms with Gasteiger partial charge < -0.3 is 19.4 Å². The lowest BCUT2D eigenvalue weighted by molar-refractivity contribution is -0.125. The number of rotatable bonds is 7. The number of aryl methyl sites for hydroxylation is 1. The molecule has 4 aromatic rings. The number of anilines is 1. The number of hydrogen-bond donors (Lipinski definition) is 1. The Morgan fingerprint density at radius 1 is 1.20 bits per heavy atom. The van der Waals surface area contributed by atoms with Crippen LogP contribution in [0.25, 0.3) is 22.0 Å². The van der Waals surface area contributed by atoms with E-state index >= 15 is 0 Å². The van der Waals surface area contributed by atoms with Crippen LogP contribution in [0.5, 0.6) is 5.75 Å². The highest BCUT2D eigenvalue weighted by molar-refractivity contribution is 7.15. The molecule has 180 valence electrons. The van der Waals surface area contributed by atoms with Crippen molar-refractivity contribution in [1.29, 1.82) is 0 Å². The van der Waals surface area contributed by atoms with Crippen molar-refractivity contribution in [2.75, 3.05) is 25.1 Å². The number of hydrogen-bond acceptors (Lipinski definition) is 8. The number of para-hydroxylation sites is 1. The van der Waals surface area contributed by atoms with Gasteiger partial charge in [-0.15, -0.1) is 21.5 Å². The monoisotopic (exact) mass is 489 g/mol. The van der Waals surface area contributed by atoms with Gasteiger partial charge in [-0.1, -0.05) is 12.1 Å². The highest BCUT2D eigenvalue weighted by atomic mass is 32.1. The fourth-order valence-electron chi connectivity index (χ4n) is 4.30. The average molecular weight is 490 g/mol. The first kappa shape index (κ1) is 23.0. The van der Waals surface area contributed by atoms with Crippen molar-refractivity contribution < 1.29 is 13.9 Å². The summed E-state index contributed by atoms with van der Waals surface area (Å²) in [6.45, 7) is 3.90. The predicted molar refractivity (Wildman–Crippen MR) is 135 cm³/mol. The third-order valence-corrected chi connectivity index (χ3v) is 7.37. The van der Waals surface area contributed by atoms with Crippen LogP contribution in [-0.2, 0) is 11.3 Å². The molecule has 1 N–H and O–H groups in total. The number of aromatic nitrogens is 3. The summed E-state index contributed by atoms with van der Waals surface area (Å²) < 4.78 is 10.9. The van der Waals surface area contributed by atoms with Crippen molar-refractivity contribution in [2.24, 2.45) is 5.92 Å². The zero-order chi connectivity index (χ0) is 24.2. The molecule has 9 heteroatoms. The summed E-state index contributed by atoms with van der Waals surface area (Å²) >= 11 is 1.55. The zero-order valence-corrected chi connectivity index (χ0v) is 20.5. The summed E-state index contributed by atoms with van der Waals surface area (Å²) in [5.41, 5.74) is 2.57. The molecule has 0 bridgehead atoms. The standard InChI is InChI=1S/C26H27N5O3S/c1-17-23(35-26(28-17)22-10-6-14-34-22)15-27-25(32)18-7-5-13-31(16-18)24-12-11-20(29-30-24)19-8-3-4-9-21(19)33-2/h3-4,6,8-12,14,18H,5,7,13,15-16H2,1-2H3,(H,27,32). The minimum atomic E-state index is -0.0998. The Morgan fingerprint density at radius 2 is 2.09 bits per heavy atom. The number of carbonyl (C=O) groups excluding carboxylic acids is 1. The average Bonchev–Trinajstić information content (AvgIpc) is 3.57. The van der Waals surface area contributed by atoms with Crippen molar-refractivity contribution in [3.05, 3.63) is 65.4 Å². The second kappa shape index (κ2) is 10.3. The van der Waals surface area contributed by atoms with Gasteiger partial charge in [0, 0.05) is 23.5 Å². The Morgan fingerprint density at radius 3 is 2.86 bits per heavy atom. The van der Waals surface area contributed by atoms with Gasteiger partial charge in [-0.05, 0) is 56.2 Å². The second-order valence-electron chi connectivity index (χ2n) is 8.48. The van der Waals surface area contributed by atoms with Crippen LogP contribution in [-0.4, -0.2) is 41.3 Å². The first-order valence-electron chi connectivity index (χ1n) is 11.6. The molecule has 8 nitrogen and oxygen atoms in total. The summed E-state index contributed by atoms with van der Waals surface area (Å²) in [6.07, 6.45) is 3.42. The fourth-order valence-corrected chi connectivity index (χ4v) is 5.27. The van der Waals surface area contributed by atoms with E-state index in [1.165, 1.54) is 0 Å². The largest absolute Gasteiger partial charge is 0.496 e. The summed E-state index contributed by atoms with van der Waals surface area (Å²) in [5.74, 6) is 2.24. The lowest BCUT2D eigenvalue weighted by Crippen LogP contribution is -2.43. The number of nitrogens with one attached hydrogen (secondary N) is 1. The van der Waals surface area contributed by atoms with Gasteiger partial charge in [0.15, 0.2) is 16.6 Å². The summed E-state index contributed by atoms with van der Waals surface area (Å²) in [5, 5.41) is 12.8. The van der Waals surface area contributed by atoms with E-state index in [0.29, 0.717) is 13.1 Å². The van der Waals surface area contributed by atoms with E-state index in [9.17, 15) is 4.79 Å². The van der Waals surface area contributed by atoms with E-state index in [0.717, 1.165) is 63.6 Å². The number of methoxy groups -OCH3 is 1. The molecule has 1 aliphatic heterocycles. The predicted octanol–water partition coefficient (Wildman–Crippen LogP) is 4.71. The van der Waals surface area contributed by atoms with Crippen LogP contribution >= 0.6 is 11.3 Å². The van der Waals surface area contributed by atoms with Gasteiger partial charge >= 0.3 is 0 Å². The molecule has 4 heterocycles. The van der Waals surface area contributed by atoms with Gasteiger partial charge in [-0.25, -0.2) is 4.98 Å². The molecule has 1 unspecified atom stereocenters. The number of thiazole rings is 1. The molecule has 35 heavy (non-hydrogen) atoms. The number of piperidine rings is 1. The molecule has 1 fully saturated rings. The SMILES string of the molecule is COc1ccccc1-c1ccc(N2CCCC(C(=O)NCc3sc(-c4ccco4)nc3C)C2)nn1. The Labute approximate surface area is 208 Å².